The van der Waals surface area contributed by atoms with Crippen LogP contribution in [0.3, 0.4) is 0 Å². The molecular formula is C20H23Br. The Bertz CT molecular complexity index is 609. The van der Waals surface area contributed by atoms with Gasteiger partial charge in [0.1, 0.15) is 0 Å². The quantitative estimate of drug-likeness (QED) is 0.560. The zero-order valence-corrected chi connectivity index (χ0v) is 14.8. The zero-order valence-electron chi connectivity index (χ0n) is 13.2. The summed E-state index contributed by atoms with van der Waals surface area (Å²) in [7, 11) is 0. The van der Waals surface area contributed by atoms with Gasteiger partial charge in [0.15, 0.2) is 0 Å². The molecule has 1 heteroatoms. The van der Waals surface area contributed by atoms with Gasteiger partial charge in [-0.15, -0.1) is 0 Å². The minimum Gasteiger partial charge on any atom is -0.0835 e. The first-order chi connectivity index (χ1) is 9.85. The molecule has 2 aromatic rings. The van der Waals surface area contributed by atoms with Crippen molar-refractivity contribution < 1.29 is 0 Å². The SMILES string of the molecule is CC1(C)C(C(Br)c2ccc(-c3ccccc3)cc2)C1(C)C. The minimum atomic E-state index is 0.402. The van der Waals surface area contributed by atoms with Crippen molar-refractivity contribution in [3.63, 3.8) is 0 Å². The highest BCUT2D eigenvalue weighted by Gasteiger charge is 2.66. The van der Waals surface area contributed by atoms with Gasteiger partial charge in [0, 0.05) is 4.83 Å². The molecule has 3 rings (SSSR count). The van der Waals surface area contributed by atoms with Crippen LogP contribution in [0.15, 0.2) is 54.6 Å². The van der Waals surface area contributed by atoms with E-state index in [-0.39, 0.29) is 0 Å². The van der Waals surface area contributed by atoms with E-state index in [0.717, 1.165) is 0 Å². The highest BCUT2D eigenvalue weighted by Crippen LogP contribution is 2.73. The first-order valence-corrected chi connectivity index (χ1v) is 8.57. The van der Waals surface area contributed by atoms with Crippen molar-refractivity contribution in [3.8, 4) is 11.1 Å². The summed E-state index contributed by atoms with van der Waals surface area (Å²) in [6.07, 6.45) is 0. The summed E-state index contributed by atoms with van der Waals surface area (Å²) in [5.74, 6) is 0.688. The van der Waals surface area contributed by atoms with E-state index in [1.165, 1.54) is 16.7 Å². The second kappa shape index (κ2) is 4.98. The molecule has 0 bridgehead atoms. The number of rotatable bonds is 3. The molecule has 0 heterocycles. The molecule has 21 heavy (non-hydrogen) atoms. The Balaban J connectivity index is 1.83. The van der Waals surface area contributed by atoms with Crippen molar-refractivity contribution in [2.45, 2.75) is 32.5 Å². The monoisotopic (exact) mass is 342 g/mol. The molecule has 0 aromatic heterocycles. The first-order valence-electron chi connectivity index (χ1n) is 7.65. The fourth-order valence-electron chi connectivity index (χ4n) is 3.66. The van der Waals surface area contributed by atoms with Crippen LogP contribution in [0.4, 0.5) is 0 Å². The van der Waals surface area contributed by atoms with Gasteiger partial charge in [0.05, 0.1) is 0 Å². The summed E-state index contributed by atoms with van der Waals surface area (Å²) in [6, 6.07) is 19.6. The highest BCUT2D eigenvalue weighted by molar-refractivity contribution is 9.09. The third-order valence-corrected chi connectivity index (χ3v) is 6.82. The van der Waals surface area contributed by atoms with Crippen LogP contribution in [0.5, 0.6) is 0 Å². The average molecular weight is 343 g/mol. The summed E-state index contributed by atoms with van der Waals surface area (Å²) in [4.78, 5) is 0.437. The van der Waals surface area contributed by atoms with E-state index in [0.29, 0.717) is 21.6 Å². The van der Waals surface area contributed by atoms with Crippen LogP contribution < -0.4 is 0 Å². The van der Waals surface area contributed by atoms with E-state index in [1.54, 1.807) is 0 Å². The van der Waals surface area contributed by atoms with Crippen LogP contribution in [0, 0.1) is 16.7 Å². The summed E-state index contributed by atoms with van der Waals surface area (Å²) < 4.78 is 0. The van der Waals surface area contributed by atoms with Gasteiger partial charge in [-0.1, -0.05) is 98.2 Å². The van der Waals surface area contributed by atoms with E-state index in [9.17, 15) is 0 Å². The minimum absolute atomic E-state index is 0.402. The molecule has 0 amide bonds. The molecule has 2 aromatic carbocycles. The lowest BCUT2D eigenvalue weighted by Crippen LogP contribution is -1.99. The molecule has 0 nitrogen and oxygen atoms in total. The van der Waals surface area contributed by atoms with E-state index in [2.05, 4.69) is 98.2 Å². The summed E-state index contributed by atoms with van der Waals surface area (Å²) in [5.41, 5.74) is 4.76. The molecule has 1 atom stereocenters. The van der Waals surface area contributed by atoms with E-state index >= 15 is 0 Å². The van der Waals surface area contributed by atoms with Crippen molar-refractivity contribution in [2.24, 2.45) is 16.7 Å². The van der Waals surface area contributed by atoms with E-state index < -0.39 is 0 Å². The Morgan fingerprint density at radius 1 is 0.762 bits per heavy atom. The van der Waals surface area contributed by atoms with Crippen molar-refractivity contribution in [3.05, 3.63) is 60.2 Å². The lowest BCUT2D eigenvalue weighted by atomic mass is 9.99. The number of benzene rings is 2. The lowest BCUT2D eigenvalue weighted by molar-refractivity contribution is 0.457. The van der Waals surface area contributed by atoms with Crippen LogP contribution in [0.2, 0.25) is 0 Å². The molecule has 1 saturated carbocycles. The molecule has 1 unspecified atom stereocenters. The van der Waals surface area contributed by atoms with Crippen LogP contribution >= 0.6 is 15.9 Å². The van der Waals surface area contributed by atoms with E-state index in [1.807, 2.05) is 0 Å². The lowest BCUT2D eigenvalue weighted by Gasteiger charge is -2.13. The smallest absolute Gasteiger partial charge is 0.0434 e. The molecule has 0 saturated heterocycles. The van der Waals surface area contributed by atoms with Gasteiger partial charge in [0.2, 0.25) is 0 Å². The van der Waals surface area contributed by atoms with Crippen LogP contribution in [-0.2, 0) is 0 Å². The molecule has 0 N–H and O–H groups in total. The number of hydrogen-bond acceptors (Lipinski definition) is 0. The van der Waals surface area contributed by atoms with Gasteiger partial charge in [-0.3, -0.25) is 0 Å². The third-order valence-electron chi connectivity index (χ3n) is 5.76. The second-order valence-corrected chi connectivity index (χ2v) is 8.30. The Kier molecular flexibility index (Phi) is 3.52. The average Bonchev–Trinajstić information content (AvgIpc) is 2.89. The fraction of sp³-hybridized carbons (Fsp3) is 0.400. The van der Waals surface area contributed by atoms with Gasteiger partial charge in [-0.05, 0) is 33.4 Å². The van der Waals surface area contributed by atoms with Crippen molar-refractivity contribution >= 4 is 15.9 Å². The molecular weight excluding hydrogens is 320 g/mol. The Morgan fingerprint density at radius 2 is 1.24 bits per heavy atom. The largest absolute Gasteiger partial charge is 0.0835 e. The predicted octanol–water partition coefficient (Wildman–Crippen LogP) is 6.47. The molecule has 1 aliphatic carbocycles. The van der Waals surface area contributed by atoms with Gasteiger partial charge >= 0.3 is 0 Å². The zero-order chi connectivity index (χ0) is 15.3. The normalized spacial score (nSPS) is 21.0. The standard InChI is InChI=1S/C20H23Br/c1-19(2)18(20(19,3)4)17(21)16-12-10-15(11-13-16)14-8-6-5-7-9-14/h5-13,17-18H,1-4H3. The summed E-state index contributed by atoms with van der Waals surface area (Å²) >= 11 is 3.94. The maximum absolute atomic E-state index is 3.94. The Morgan fingerprint density at radius 3 is 1.71 bits per heavy atom. The van der Waals surface area contributed by atoms with Crippen molar-refractivity contribution in [2.75, 3.05) is 0 Å². The van der Waals surface area contributed by atoms with Gasteiger partial charge in [-0.25, -0.2) is 0 Å². The van der Waals surface area contributed by atoms with Gasteiger partial charge in [-0.2, -0.15) is 0 Å². The van der Waals surface area contributed by atoms with Crippen LogP contribution in [-0.4, -0.2) is 0 Å². The maximum Gasteiger partial charge on any atom is 0.0434 e. The van der Waals surface area contributed by atoms with Crippen molar-refractivity contribution in [1.29, 1.82) is 0 Å². The molecule has 0 radical (unpaired) electrons. The fourth-order valence-corrected chi connectivity index (χ4v) is 5.29. The predicted molar refractivity (Wildman–Crippen MR) is 94.6 cm³/mol. The first kappa shape index (κ1) is 14.8. The highest BCUT2D eigenvalue weighted by atomic mass is 79.9. The number of halogens is 1. The third kappa shape index (κ3) is 2.36. The van der Waals surface area contributed by atoms with Crippen LogP contribution in [0.25, 0.3) is 11.1 Å². The molecule has 0 spiro atoms. The topological polar surface area (TPSA) is 0 Å². The Hall–Kier alpha value is -1.08. The van der Waals surface area contributed by atoms with Gasteiger partial charge < -0.3 is 0 Å². The molecule has 110 valence electrons. The maximum atomic E-state index is 3.94. The van der Waals surface area contributed by atoms with Crippen LogP contribution in [0.1, 0.15) is 38.1 Å². The molecule has 1 aliphatic rings. The summed E-state index contributed by atoms with van der Waals surface area (Å²) in [5, 5.41) is 0. The summed E-state index contributed by atoms with van der Waals surface area (Å²) in [6.45, 7) is 9.52. The second-order valence-electron chi connectivity index (χ2n) is 7.31. The molecule has 0 aliphatic heterocycles. The van der Waals surface area contributed by atoms with E-state index in [4.69, 9.17) is 0 Å². The van der Waals surface area contributed by atoms with Crippen molar-refractivity contribution in [1.82, 2.24) is 0 Å². The number of hydrogen-bond donors (Lipinski definition) is 0. The van der Waals surface area contributed by atoms with Gasteiger partial charge in [0.25, 0.3) is 0 Å². The molecule has 1 fully saturated rings. The number of alkyl halides is 1. The Labute approximate surface area is 136 Å².